The van der Waals surface area contributed by atoms with E-state index in [2.05, 4.69) is 4.74 Å². The van der Waals surface area contributed by atoms with E-state index in [9.17, 15) is 14.0 Å². The maximum atomic E-state index is 13.5. The first-order chi connectivity index (χ1) is 9.04. The van der Waals surface area contributed by atoms with E-state index in [1.807, 2.05) is 0 Å². The number of hydrogen-bond acceptors (Lipinski definition) is 4. The SMILES string of the molecule is CCOC(=O)COC(=O)CC(C)c1ccccc1F. The normalized spacial score (nSPS) is 11.7. The standard InChI is InChI=1S/C14H17FO4/c1-3-18-14(17)9-19-13(16)8-10(2)11-6-4-5-7-12(11)15/h4-7,10H,3,8-9H2,1-2H3. The molecule has 1 atom stereocenters. The molecule has 0 aliphatic rings. The predicted molar refractivity (Wildman–Crippen MR) is 67.0 cm³/mol. The van der Waals surface area contributed by atoms with Crippen molar-refractivity contribution in [2.75, 3.05) is 13.2 Å². The van der Waals surface area contributed by atoms with Gasteiger partial charge in [-0.15, -0.1) is 0 Å². The number of rotatable bonds is 6. The van der Waals surface area contributed by atoms with E-state index in [-0.39, 0.29) is 24.8 Å². The molecule has 0 radical (unpaired) electrons. The van der Waals surface area contributed by atoms with Crippen molar-refractivity contribution in [3.63, 3.8) is 0 Å². The van der Waals surface area contributed by atoms with E-state index in [1.165, 1.54) is 6.07 Å². The van der Waals surface area contributed by atoms with E-state index in [0.717, 1.165) is 0 Å². The quantitative estimate of drug-likeness (QED) is 0.743. The first kappa shape index (κ1) is 15.1. The van der Waals surface area contributed by atoms with Gasteiger partial charge in [0.1, 0.15) is 5.82 Å². The van der Waals surface area contributed by atoms with E-state index >= 15 is 0 Å². The van der Waals surface area contributed by atoms with Crippen molar-refractivity contribution in [3.8, 4) is 0 Å². The number of carbonyl (C=O) groups is 2. The lowest BCUT2D eigenvalue weighted by molar-refractivity contribution is -0.158. The second-order valence-electron chi connectivity index (χ2n) is 4.09. The summed E-state index contributed by atoms with van der Waals surface area (Å²) in [6.07, 6.45) is 0.0142. The average molecular weight is 268 g/mol. The molecule has 104 valence electrons. The summed E-state index contributed by atoms with van der Waals surface area (Å²) < 4.78 is 22.9. The minimum atomic E-state index is -0.589. The molecule has 0 saturated heterocycles. The summed E-state index contributed by atoms with van der Waals surface area (Å²) in [6, 6.07) is 6.26. The highest BCUT2D eigenvalue weighted by atomic mass is 19.1. The van der Waals surface area contributed by atoms with Crippen LogP contribution in [-0.4, -0.2) is 25.2 Å². The number of esters is 2. The van der Waals surface area contributed by atoms with Crippen LogP contribution in [0, 0.1) is 5.82 Å². The van der Waals surface area contributed by atoms with Gasteiger partial charge in [-0.1, -0.05) is 25.1 Å². The summed E-state index contributed by atoms with van der Waals surface area (Å²) in [5.74, 6) is -1.80. The molecule has 0 spiro atoms. The molecule has 0 bridgehead atoms. The van der Waals surface area contributed by atoms with Gasteiger partial charge in [0.15, 0.2) is 6.61 Å². The Morgan fingerprint density at radius 1 is 1.21 bits per heavy atom. The van der Waals surface area contributed by atoms with Gasteiger partial charge in [-0.2, -0.15) is 0 Å². The molecule has 19 heavy (non-hydrogen) atoms. The zero-order valence-electron chi connectivity index (χ0n) is 11.0. The van der Waals surface area contributed by atoms with E-state index in [1.54, 1.807) is 32.0 Å². The van der Waals surface area contributed by atoms with Crippen LogP contribution in [0.3, 0.4) is 0 Å². The van der Waals surface area contributed by atoms with Crippen LogP contribution in [0.2, 0.25) is 0 Å². The number of ether oxygens (including phenoxy) is 2. The fourth-order valence-corrected chi connectivity index (χ4v) is 1.64. The van der Waals surface area contributed by atoms with Crippen molar-refractivity contribution in [2.45, 2.75) is 26.2 Å². The lowest BCUT2D eigenvalue weighted by Gasteiger charge is -2.12. The predicted octanol–water partition coefficient (Wildman–Crippen LogP) is 2.43. The van der Waals surface area contributed by atoms with Crippen molar-refractivity contribution in [1.29, 1.82) is 0 Å². The van der Waals surface area contributed by atoms with Crippen molar-refractivity contribution >= 4 is 11.9 Å². The molecule has 0 fully saturated rings. The van der Waals surface area contributed by atoms with Crippen LogP contribution >= 0.6 is 0 Å². The summed E-state index contributed by atoms with van der Waals surface area (Å²) in [5, 5.41) is 0. The Kier molecular flexibility index (Phi) is 5.99. The Bertz CT molecular complexity index is 445. The molecule has 4 nitrogen and oxygen atoms in total. The van der Waals surface area contributed by atoms with Crippen LogP contribution in [0.4, 0.5) is 4.39 Å². The van der Waals surface area contributed by atoms with Gasteiger partial charge in [0, 0.05) is 0 Å². The highest BCUT2D eigenvalue weighted by Crippen LogP contribution is 2.22. The van der Waals surface area contributed by atoms with Crippen molar-refractivity contribution in [3.05, 3.63) is 35.6 Å². The minimum Gasteiger partial charge on any atom is -0.463 e. The summed E-state index contributed by atoms with van der Waals surface area (Å²) in [7, 11) is 0. The van der Waals surface area contributed by atoms with Gasteiger partial charge in [0.05, 0.1) is 13.0 Å². The zero-order valence-corrected chi connectivity index (χ0v) is 11.0. The summed E-state index contributed by atoms with van der Waals surface area (Å²) in [5.41, 5.74) is 0.454. The number of carbonyl (C=O) groups excluding carboxylic acids is 2. The topological polar surface area (TPSA) is 52.6 Å². The van der Waals surface area contributed by atoms with Gasteiger partial charge in [0.2, 0.25) is 0 Å². The molecular formula is C14H17FO4. The van der Waals surface area contributed by atoms with Crippen molar-refractivity contribution in [1.82, 2.24) is 0 Å². The monoisotopic (exact) mass is 268 g/mol. The van der Waals surface area contributed by atoms with E-state index < -0.39 is 18.5 Å². The Balaban J connectivity index is 2.44. The second kappa shape index (κ2) is 7.51. The Morgan fingerprint density at radius 3 is 2.53 bits per heavy atom. The maximum Gasteiger partial charge on any atom is 0.344 e. The van der Waals surface area contributed by atoms with Crippen LogP contribution in [0.25, 0.3) is 0 Å². The zero-order chi connectivity index (χ0) is 14.3. The largest absolute Gasteiger partial charge is 0.463 e. The third-order valence-electron chi connectivity index (χ3n) is 2.57. The molecular weight excluding hydrogens is 251 g/mol. The van der Waals surface area contributed by atoms with Crippen LogP contribution < -0.4 is 0 Å². The summed E-state index contributed by atoms with van der Waals surface area (Å²) >= 11 is 0. The molecule has 0 amide bonds. The van der Waals surface area contributed by atoms with Gasteiger partial charge >= 0.3 is 11.9 Å². The molecule has 0 saturated carbocycles. The fraction of sp³-hybridized carbons (Fsp3) is 0.429. The molecule has 1 unspecified atom stereocenters. The third-order valence-corrected chi connectivity index (χ3v) is 2.57. The molecule has 1 rings (SSSR count). The molecule has 5 heteroatoms. The number of halogens is 1. The Morgan fingerprint density at radius 2 is 1.89 bits per heavy atom. The fourth-order valence-electron chi connectivity index (χ4n) is 1.64. The molecule has 0 heterocycles. The van der Waals surface area contributed by atoms with Crippen molar-refractivity contribution < 1.29 is 23.5 Å². The molecule has 0 aliphatic carbocycles. The minimum absolute atomic E-state index is 0.0142. The second-order valence-corrected chi connectivity index (χ2v) is 4.09. The number of benzene rings is 1. The van der Waals surface area contributed by atoms with Gasteiger partial charge in [0.25, 0.3) is 0 Å². The van der Waals surface area contributed by atoms with Gasteiger partial charge < -0.3 is 9.47 Å². The van der Waals surface area contributed by atoms with Crippen LogP contribution in [-0.2, 0) is 19.1 Å². The lowest BCUT2D eigenvalue weighted by atomic mass is 9.97. The first-order valence-corrected chi connectivity index (χ1v) is 6.10. The molecule has 0 N–H and O–H groups in total. The summed E-state index contributed by atoms with van der Waals surface area (Å²) in [6.45, 7) is 3.22. The van der Waals surface area contributed by atoms with Crippen LogP contribution in [0.5, 0.6) is 0 Å². The average Bonchev–Trinajstić information content (AvgIpc) is 2.37. The molecule has 1 aromatic carbocycles. The van der Waals surface area contributed by atoms with Crippen LogP contribution in [0.15, 0.2) is 24.3 Å². The lowest BCUT2D eigenvalue weighted by Crippen LogP contribution is -2.17. The van der Waals surface area contributed by atoms with Crippen molar-refractivity contribution in [2.24, 2.45) is 0 Å². The molecule has 0 aromatic heterocycles. The van der Waals surface area contributed by atoms with E-state index in [4.69, 9.17) is 4.74 Å². The molecule has 1 aromatic rings. The van der Waals surface area contributed by atoms with Gasteiger partial charge in [-0.25, -0.2) is 9.18 Å². The Hall–Kier alpha value is -1.91. The van der Waals surface area contributed by atoms with Gasteiger partial charge in [-0.3, -0.25) is 4.79 Å². The maximum absolute atomic E-state index is 13.5. The highest BCUT2D eigenvalue weighted by Gasteiger charge is 2.16. The smallest absolute Gasteiger partial charge is 0.344 e. The number of hydrogen-bond donors (Lipinski definition) is 0. The third kappa shape index (κ3) is 5.07. The first-order valence-electron chi connectivity index (χ1n) is 6.10. The Labute approximate surface area is 111 Å². The highest BCUT2D eigenvalue weighted by molar-refractivity contribution is 5.76. The molecule has 0 aliphatic heterocycles. The summed E-state index contributed by atoms with van der Waals surface area (Å²) in [4.78, 5) is 22.5. The van der Waals surface area contributed by atoms with E-state index in [0.29, 0.717) is 5.56 Å². The van der Waals surface area contributed by atoms with Gasteiger partial charge in [-0.05, 0) is 24.5 Å². The van der Waals surface area contributed by atoms with Crippen LogP contribution in [0.1, 0.15) is 31.7 Å².